The van der Waals surface area contributed by atoms with Gasteiger partial charge < -0.3 is 4.42 Å². The fraction of sp³-hybridized carbons (Fsp3) is 0.303. The van der Waals surface area contributed by atoms with Crippen molar-refractivity contribution in [3.63, 3.8) is 0 Å². The molecule has 0 bridgehead atoms. The van der Waals surface area contributed by atoms with Crippen LogP contribution in [0, 0.1) is 12.3 Å². The lowest BCUT2D eigenvalue weighted by atomic mass is 9.82. The van der Waals surface area contributed by atoms with Gasteiger partial charge in [-0.15, -0.1) is 0 Å². The molecular weight excluding hydrogens is 483 g/mol. The molecule has 5 rings (SSSR count). The van der Waals surface area contributed by atoms with Crippen molar-refractivity contribution in [3.8, 4) is 22.6 Å². The Labute approximate surface area is 221 Å². The lowest BCUT2D eigenvalue weighted by Crippen LogP contribution is -2.34. The van der Waals surface area contributed by atoms with Gasteiger partial charge in [0.15, 0.2) is 0 Å². The van der Waals surface area contributed by atoms with Crippen LogP contribution in [0.1, 0.15) is 51.3 Å². The van der Waals surface area contributed by atoms with E-state index in [9.17, 15) is 13.2 Å². The maximum Gasteiger partial charge on any atom is 0.394 e. The van der Waals surface area contributed by atoms with Crippen molar-refractivity contribution in [1.29, 1.82) is 0 Å². The summed E-state index contributed by atoms with van der Waals surface area (Å²) in [5.41, 5.74) is 4.41. The van der Waals surface area contributed by atoms with Gasteiger partial charge in [0.05, 0.1) is 11.1 Å². The Morgan fingerprint density at radius 1 is 0.789 bits per heavy atom. The van der Waals surface area contributed by atoms with Crippen LogP contribution in [0.4, 0.5) is 13.2 Å². The summed E-state index contributed by atoms with van der Waals surface area (Å²) in [5.74, 6) is 0.663. The lowest BCUT2D eigenvalue weighted by Gasteiger charge is -2.27. The number of aromatic nitrogens is 1. The molecule has 3 aromatic carbocycles. The number of fused-ring (bicyclic) bond motifs is 2. The summed E-state index contributed by atoms with van der Waals surface area (Å²) in [5, 5.41) is 3.30. The van der Waals surface area contributed by atoms with Gasteiger partial charge in [-0.1, -0.05) is 83.1 Å². The number of nitrogens with zero attached hydrogens (tertiary/aromatic N) is 1. The first-order chi connectivity index (χ1) is 17.7. The van der Waals surface area contributed by atoms with Crippen molar-refractivity contribution in [2.45, 2.75) is 59.6 Å². The standard InChI is InChI=1S/C33H32F3NO/c1-20-19-37-29(24-15-23-9-7-8-10-25(23)27(16-24)31(2,3)4)26-17-28(38-30(20)26)22-13-11-21(12-14-22)18-32(5,6)33(34,35)36/h7-17,19H,18H2,1-6H3. The summed E-state index contributed by atoms with van der Waals surface area (Å²) < 4.78 is 46.4. The van der Waals surface area contributed by atoms with Gasteiger partial charge in [-0.2, -0.15) is 13.2 Å². The molecule has 0 fully saturated rings. The molecule has 5 aromatic rings. The predicted molar refractivity (Wildman–Crippen MR) is 149 cm³/mol. The molecule has 2 aromatic heterocycles. The predicted octanol–water partition coefficient (Wildman–Crippen LogP) is 10.1. The first kappa shape index (κ1) is 26.0. The number of alkyl halides is 3. The van der Waals surface area contributed by atoms with Crippen molar-refractivity contribution in [2.75, 3.05) is 0 Å². The molecule has 38 heavy (non-hydrogen) atoms. The topological polar surface area (TPSA) is 26.0 Å². The maximum absolute atomic E-state index is 13.4. The van der Waals surface area contributed by atoms with Crippen LogP contribution >= 0.6 is 0 Å². The molecule has 0 atom stereocenters. The number of benzene rings is 3. The third-order valence-corrected chi connectivity index (χ3v) is 7.33. The molecule has 0 saturated carbocycles. The molecule has 196 valence electrons. The van der Waals surface area contributed by atoms with Crippen LogP contribution in [0.5, 0.6) is 0 Å². The normalized spacial score (nSPS) is 13.0. The van der Waals surface area contributed by atoms with Gasteiger partial charge in [0.25, 0.3) is 0 Å². The Morgan fingerprint density at radius 2 is 1.47 bits per heavy atom. The van der Waals surface area contributed by atoms with E-state index in [0.717, 1.165) is 38.7 Å². The minimum atomic E-state index is -4.26. The molecule has 5 heteroatoms. The van der Waals surface area contributed by atoms with E-state index in [4.69, 9.17) is 9.40 Å². The van der Waals surface area contributed by atoms with E-state index < -0.39 is 11.6 Å². The molecule has 0 N–H and O–H groups in total. The van der Waals surface area contributed by atoms with Gasteiger partial charge >= 0.3 is 6.18 Å². The molecule has 0 aliphatic heterocycles. The molecule has 0 radical (unpaired) electrons. The number of furan rings is 1. The summed E-state index contributed by atoms with van der Waals surface area (Å²) >= 11 is 0. The SMILES string of the molecule is Cc1cnc(-c2cc(C(C)(C)C)c3ccccc3c2)c2cc(-c3ccc(CC(C)(C)C(F)(F)F)cc3)oc12. The van der Waals surface area contributed by atoms with Gasteiger partial charge in [-0.25, -0.2) is 0 Å². The van der Waals surface area contributed by atoms with E-state index in [-0.39, 0.29) is 11.8 Å². The number of rotatable bonds is 4. The van der Waals surface area contributed by atoms with Crippen molar-refractivity contribution in [1.82, 2.24) is 4.98 Å². The van der Waals surface area contributed by atoms with Crippen LogP contribution in [-0.2, 0) is 11.8 Å². The highest BCUT2D eigenvalue weighted by Crippen LogP contribution is 2.41. The molecule has 0 saturated heterocycles. The van der Waals surface area contributed by atoms with Crippen LogP contribution in [-0.4, -0.2) is 11.2 Å². The fourth-order valence-electron chi connectivity index (χ4n) is 4.99. The van der Waals surface area contributed by atoms with Gasteiger partial charge in [0, 0.05) is 28.3 Å². The van der Waals surface area contributed by atoms with E-state index in [1.807, 2.05) is 37.4 Å². The molecule has 0 unspecified atom stereocenters. The number of pyridine rings is 1. The second-order valence-electron chi connectivity index (χ2n) is 11.9. The Kier molecular flexibility index (Phi) is 6.17. The molecular formula is C33H32F3NO. The van der Waals surface area contributed by atoms with Crippen LogP contribution in [0.2, 0.25) is 0 Å². The fourth-order valence-corrected chi connectivity index (χ4v) is 4.99. The van der Waals surface area contributed by atoms with Gasteiger partial charge in [-0.05, 0) is 58.9 Å². The second-order valence-corrected chi connectivity index (χ2v) is 11.9. The first-order valence-electron chi connectivity index (χ1n) is 12.8. The smallest absolute Gasteiger partial charge is 0.394 e. The second kappa shape index (κ2) is 9.00. The quantitative estimate of drug-likeness (QED) is 0.238. The molecule has 0 spiro atoms. The minimum absolute atomic E-state index is 0.0522. The number of hydrogen-bond donors (Lipinski definition) is 0. The average Bonchev–Trinajstić information content (AvgIpc) is 3.29. The molecule has 2 nitrogen and oxygen atoms in total. The first-order valence-corrected chi connectivity index (χ1v) is 12.8. The number of aryl methyl sites for hydroxylation is 1. The molecule has 0 aliphatic carbocycles. The van der Waals surface area contributed by atoms with E-state index in [1.54, 1.807) is 12.1 Å². The zero-order valence-electron chi connectivity index (χ0n) is 22.6. The highest BCUT2D eigenvalue weighted by molar-refractivity contribution is 5.99. The summed E-state index contributed by atoms with van der Waals surface area (Å²) in [6, 6.07) is 22.0. The van der Waals surface area contributed by atoms with Crippen LogP contribution in [0.3, 0.4) is 0 Å². The van der Waals surface area contributed by atoms with E-state index in [2.05, 4.69) is 51.1 Å². The van der Waals surface area contributed by atoms with E-state index in [1.165, 1.54) is 24.8 Å². The van der Waals surface area contributed by atoms with Crippen LogP contribution in [0.15, 0.2) is 77.3 Å². The largest absolute Gasteiger partial charge is 0.456 e. The van der Waals surface area contributed by atoms with Crippen LogP contribution < -0.4 is 0 Å². The van der Waals surface area contributed by atoms with Crippen molar-refractivity contribution >= 4 is 21.7 Å². The molecule has 2 heterocycles. The third kappa shape index (κ3) is 4.70. The maximum atomic E-state index is 13.4. The summed E-state index contributed by atoms with van der Waals surface area (Å²) in [4.78, 5) is 4.82. The molecule has 0 amide bonds. The number of halogens is 3. The molecule has 0 aliphatic rings. The Hall–Kier alpha value is -3.60. The highest BCUT2D eigenvalue weighted by atomic mass is 19.4. The highest BCUT2D eigenvalue weighted by Gasteiger charge is 2.46. The van der Waals surface area contributed by atoms with Crippen molar-refractivity contribution in [2.24, 2.45) is 5.41 Å². The lowest BCUT2D eigenvalue weighted by molar-refractivity contribution is -0.211. The average molecular weight is 516 g/mol. The van der Waals surface area contributed by atoms with Gasteiger partial charge in [0.2, 0.25) is 0 Å². The Morgan fingerprint density at radius 3 is 2.13 bits per heavy atom. The van der Waals surface area contributed by atoms with Crippen LogP contribution in [0.25, 0.3) is 44.3 Å². The monoisotopic (exact) mass is 515 g/mol. The van der Waals surface area contributed by atoms with Crippen molar-refractivity contribution < 1.29 is 17.6 Å². The number of hydrogen-bond acceptors (Lipinski definition) is 2. The minimum Gasteiger partial charge on any atom is -0.456 e. The summed E-state index contributed by atoms with van der Waals surface area (Å²) in [6.45, 7) is 11.1. The van der Waals surface area contributed by atoms with Crippen molar-refractivity contribution in [3.05, 3.63) is 89.6 Å². The van der Waals surface area contributed by atoms with Gasteiger partial charge in [0.1, 0.15) is 11.3 Å². The third-order valence-electron chi connectivity index (χ3n) is 7.33. The van der Waals surface area contributed by atoms with Gasteiger partial charge in [-0.3, -0.25) is 4.98 Å². The zero-order valence-corrected chi connectivity index (χ0v) is 22.6. The van der Waals surface area contributed by atoms with E-state index >= 15 is 0 Å². The summed E-state index contributed by atoms with van der Waals surface area (Å²) in [6.07, 6.45) is -2.51. The Bertz CT molecular complexity index is 1630. The summed E-state index contributed by atoms with van der Waals surface area (Å²) in [7, 11) is 0. The Balaban J connectivity index is 1.59. The van der Waals surface area contributed by atoms with E-state index in [0.29, 0.717) is 11.3 Å². The zero-order chi connectivity index (χ0) is 27.5.